The first kappa shape index (κ1) is 10.1. The van der Waals surface area contributed by atoms with Crippen molar-refractivity contribution in [3.8, 4) is 10.7 Å². The van der Waals surface area contributed by atoms with E-state index in [1.54, 1.807) is 0 Å². The highest BCUT2D eigenvalue weighted by Crippen LogP contribution is 2.22. The van der Waals surface area contributed by atoms with Crippen molar-refractivity contribution >= 4 is 16.5 Å². The SMILES string of the molecule is CCCCn1ccc(-c2nnc(N)s2)n1. The molecule has 0 saturated carbocycles. The number of unbranched alkanes of at least 4 members (excludes halogenated alkanes) is 1. The molecule has 0 saturated heterocycles. The summed E-state index contributed by atoms with van der Waals surface area (Å²) in [4.78, 5) is 0. The van der Waals surface area contributed by atoms with Crippen LogP contribution >= 0.6 is 11.3 Å². The Morgan fingerprint density at radius 2 is 2.33 bits per heavy atom. The zero-order valence-corrected chi connectivity index (χ0v) is 9.37. The van der Waals surface area contributed by atoms with Crippen molar-refractivity contribution in [2.45, 2.75) is 26.3 Å². The molecule has 0 fully saturated rings. The molecule has 2 aromatic heterocycles. The minimum Gasteiger partial charge on any atom is -0.374 e. The van der Waals surface area contributed by atoms with Gasteiger partial charge in [-0.2, -0.15) is 5.10 Å². The average Bonchev–Trinajstić information content (AvgIpc) is 2.83. The van der Waals surface area contributed by atoms with Gasteiger partial charge in [-0.05, 0) is 12.5 Å². The Morgan fingerprint density at radius 3 is 3.00 bits per heavy atom. The highest BCUT2D eigenvalue weighted by atomic mass is 32.1. The number of rotatable bonds is 4. The van der Waals surface area contributed by atoms with E-state index in [0.29, 0.717) is 5.13 Å². The van der Waals surface area contributed by atoms with Crippen molar-refractivity contribution in [2.24, 2.45) is 0 Å². The number of nitrogen functional groups attached to an aromatic ring is 1. The van der Waals surface area contributed by atoms with Crippen LogP contribution in [-0.2, 0) is 6.54 Å². The van der Waals surface area contributed by atoms with Crippen molar-refractivity contribution in [1.29, 1.82) is 0 Å². The van der Waals surface area contributed by atoms with Crippen LogP contribution in [0.15, 0.2) is 12.3 Å². The summed E-state index contributed by atoms with van der Waals surface area (Å²) in [6.07, 6.45) is 4.27. The molecule has 0 radical (unpaired) electrons. The second kappa shape index (κ2) is 4.39. The van der Waals surface area contributed by atoms with Gasteiger partial charge in [-0.25, -0.2) is 0 Å². The van der Waals surface area contributed by atoms with E-state index in [-0.39, 0.29) is 0 Å². The maximum Gasteiger partial charge on any atom is 0.203 e. The molecule has 5 nitrogen and oxygen atoms in total. The van der Waals surface area contributed by atoms with Gasteiger partial charge in [-0.1, -0.05) is 24.7 Å². The molecule has 0 aromatic carbocycles. The standard InChI is InChI=1S/C9H13N5S/c1-2-3-5-14-6-4-7(13-14)8-11-12-9(10)15-8/h4,6H,2-3,5H2,1H3,(H2,10,12). The molecule has 0 aliphatic rings. The van der Waals surface area contributed by atoms with E-state index in [2.05, 4.69) is 22.2 Å². The molecule has 0 unspecified atom stereocenters. The van der Waals surface area contributed by atoms with Crippen molar-refractivity contribution in [2.75, 3.05) is 5.73 Å². The first-order valence-corrected chi connectivity index (χ1v) is 5.74. The topological polar surface area (TPSA) is 69.6 Å². The molecule has 15 heavy (non-hydrogen) atoms. The minimum absolute atomic E-state index is 0.480. The second-order valence-electron chi connectivity index (χ2n) is 3.26. The highest BCUT2D eigenvalue weighted by Gasteiger charge is 2.07. The molecule has 0 spiro atoms. The van der Waals surface area contributed by atoms with Crippen LogP contribution in [0.5, 0.6) is 0 Å². The lowest BCUT2D eigenvalue weighted by atomic mass is 10.3. The maximum atomic E-state index is 5.51. The van der Waals surface area contributed by atoms with Crippen molar-refractivity contribution in [3.63, 3.8) is 0 Å². The predicted octanol–water partition coefficient (Wildman–Crippen LogP) is 1.78. The van der Waals surface area contributed by atoms with Crippen LogP contribution in [0.25, 0.3) is 10.7 Å². The van der Waals surface area contributed by atoms with Crippen LogP contribution < -0.4 is 5.73 Å². The third-order valence-corrected chi connectivity index (χ3v) is 2.82. The van der Waals surface area contributed by atoms with Gasteiger partial charge < -0.3 is 5.73 Å². The van der Waals surface area contributed by atoms with Crippen LogP contribution in [0.3, 0.4) is 0 Å². The first-order chi connectivity index (χ1) is 7.29. The summed E-state index contributed by atoms with van der Waals surface area (Å²) in [6, 6.07) is 1.94. The zero-order chi connectivity index (χ0) is 10.7. The summed E-state index contributed by atoms with van der Waals surface area (Å²) in [5, 5.41) is 13.4. The molecule has 80 valence electrons. The molecule has 0 aliphatic heterocycles. The van der Waals surface area contributed by atoms with Gasteiger partial charge >= 0.3 is 0 Å². The lowest BCUT2D eigenvalue weighted by Gasteiger charge is -1.97. The second-order valence-corrected chi connectivity index (χ2v) is 4.27. The van der Waals surface area contributed by atoms with Gasteiger partial charge in [0.2, 0.25) is 5.13 Å². The number of hydrogen-bond acceptors (Lipinski definition) is 5. The van der Waals surface area contributed by atoms with E-state index in [1.807, 2.05) is 16.9 Å². The summed E-state index contributed by atoms with van der Waals surface area (Å²) in [5.74, 6) is 0. The van der Waals surface area contributed by atoms with Crippen LogP contribution in [0.2, 0.25) is 0 Å². The molecule has 2 heterocycles. The zero-order valence-electron chi connectivity index (χ0n) is 8.55. The first-order valence-electron chi connectivity index (χ1n) is 4.92. The van der Waals surface area contributed by atoms with Gasteiger partial charge in [0, 0.05) is 12.7 Å². The Bertz CT molecular complexity index is 433. The van der Waals surface area contributed by atoms with E-state index in [0.717, 1.165) is 23.7 Å². The summed E-state index contributed by atoms with van der Waals surface area (Å²) in [7, 11) is 0. The molecule has 0 atom stereocenters. The van der Waals surface area contributed by atoms with E-state index < -0.39 is 0 Å². The van der Waals surface area contributed by atoms with Gasteiger partial charge in [0.05, 0.1) is 0 Å². The van der Waals surface area contributed by atoms with Crippen molar-refractivity contribution in [1.82, 2.24) is 20.0 Å². The number of aryl methyl sites for hydroxylation is 1. The summed E-state index contributed by atoms with van der Waals surface area (Å²) in [5.41, 5.74) is 6.36. The molecule has 0 amide bonds. The summed E-state index contributed by atoms with van der Waals surface area (Å²) < 4.78 is 1.93. The molecule has 0 aliphatic carbocycles. The van der Waals surface area contributed by atoms with Crippen LogP contribution in [-0.4, -0.2) is 20.0 Å². The quantitative estimate of drug-likeness (QED) is 0.857. The van der Waals surface area contributed by atoms with Crippen molar-refractivity contribution < 1.29 is 0 Å². The molecular formula is C9H13N5S. The van der Waals surface area contributed by atoms with Crippen LogP contribution in [0, 0.1) is 0 Å². The Hall–Kier alpha value is -1.43. The number of aromatic nitrogens is 4. The molecular weight excluding hydrogens is 210 g/mol. The number of anilines is 1. The van der Waals surface area contributed by atoms with Gasteiger partial charge in [0.25, 0.3) is 0 Å². The molecule has 0 bridgehead atoms. The van der Waals surface area contributed by atoms with Gasteiger partial charge in [-0.15, -0.1) is 10.2 Å². The van der Waals surface area contributed by atoms with Crippen LogP contribution in [0.4, 0.5) is 5.13 Å². The number of nitrogens with zero attached hydrogens (tertiary/aromatic N) is 4. The Balaban J connectivity index is 2.13. The van der Waals surface area contributed by atoms with E-state index in [1.165, 1.54) is 17.8 Å². The smallest absolute Gasteiger partial charge is 0.203 e. The molecule has 2 aromatic rings. The average molecular weight is 223 g/mol. The molecule has 2 N–H and O–H groups in total. The minimum atomic E-state index is 0.480. The number of nitrogens with two attached hydrogens (primary N) is 1. The monoisotopic (exact) mass is 223 g/mol. The van der Waals surface area contributed by atoms with E-state index >= 15 is 0 Å². The molecule has 6 heteroatoms. The fourth-order valence-corrected chi connectivity index (χ4v) is 1.83. The normalized spacial score (nSPS) is 10.7. The number of hydrogen-bond donors (Lipinski definition) is 1. The predicted molar refractivity (Wildman–Crippen MR) is 60.5 cm³/mol. The van der Waals surface area contributed by atoms with E-state index in [9.17, 15) is 0 Å². The molecule has 2 rings (SSSR count). The van der Waals surface area contributed by atoms with E-state index in [4.69, 9.17) is 5.73 Å². The summed E-state index contributed by atoms with van der Waals surface area (Å²) >= 11 is 1.36. The fourth-order valence-electron chi connectivity index (χ4n) is 1.26. The van der Waals surface area contributed by atoms with Gasteiger partial charge in [-0.3, -0.25) is 4.68 Å². The van der Waals surface area contributed by atoms with Crippen LogP contribution in [0.1, 0.15) is 19.8 Å². The van der Waals surface area contributed by atoms with Gasteiger partial charge in [0.15, 0.2) is 5.01 Å². The lowest BCUT2D eigenvalue weighted by molar-refractivity contribution is 0.573. The van der Waals surface area contributed by atoms with Gasteiger partial charge in [0.1, 0.15) is 5.69 Å². The Labute approximate surface area is 91.9 Å². The maximum absolute atomic E-state index is 5.51. The van der Waals surface area contributed by atoms with Crippen molar-refractivity contribution in [3.05, 3.63) is 12.3 Å². The lowest BCUT2D eigenvalue weighted by Crippen LogP contribution is -1.97. The Kier molecular flexibility index (Phi) is 2.96. The third kappa shape index (κ3) is 2.33. The summed E-state index contributed by atoms with van der Waals surface area (Å²) in [6.45, 7) is 3.11. The fraction of sp³-hybridized carbons (Fsp3) is 0.444. The Morgan fingerprint density at radius 1 is 1.47 bits per heavy atom. The highest BCUT2D eigenvalue weighted by molar-refractivity contribution is 7.18. The third-order valence-electron chi connectivity index (χ3n) is 2.04. The largest absolute Gasteiger partial charge is 0.374 e.